The van der Waals surface area contributed by atoms with Crippen molar-refractivity contribution in [2.24, 2.45) is 0 Å². The molecule has 0 fully saturated rings. The van der Waals surface area contributed by atoms with E-state index in [2.05, 4.69) is 56.1 Å². The molecule has 0 saturated heterocycles. The standard InChI is InChI=1S/C25H21FN.C5H8O2.Ir/c1-25(2,3)22-15-19(14-17-8-4-5-9-20(17)22)24-16-18(12-13-27-24)21-10-6-7-11-23(21)26;1-4(6)3-5(2)7;/h4-13,15-16H,1-3H3;3,6H,1-2H3;/q-1;;/b;4-3-;. The van der Waals surface area contributed by atoms with Gasteiger partial charge < -0.3 is 5.11 Å². The number of pyridine rings is 1. The molecule has 1 heterocycles. The molecule has 3 aromatic carbocycles. The summed E-state index contributed by atoms with van der Waals surface area (Å²) in [6.07, 6.45) is 2.90. The first kappa shape index (κ1) is 28.1. The zero-order valence-corrected chi connectivity index (χ0v) is 22.9. The van der Waals surface area contributed by atoms with Crippen LogP contribution in [0.3, 0.4) is 0 Å². The van der Waals surface area contributed by atoms with E-state index in [1.165, 1.54) is 36.9 Å². The van der Waals surface area contributed by atoms with Crippen molar-refractivity contribution in [2.45, 2.75) is 40.0 Å². The molecule has 0 saturated carbocycles. The molecule has 35 heavy (non-hydrogen) atoms. The van der Waals surface area contributed by atoms with Crippen LogP contribution in [0.5, 0.6) is 0 Å². The maximum atomic E-state index is 14.2. The second-order valence-corrected chi connectivity index (χ2v) is 9.20. The molecule has 4 rings (SSSR count). The van der Waals surface area contributed by atoms with Gasteiger partial charge >= 0.3 is 0 Å². The van der Waals surface area contributed by atoms with Crippen LogP contribution >= 0.6 is 0 Å². The SMILES string of the molecule is CC(=O)/C=C(/C)O.CC(C)(C)c1cc(-c2cc(-c3ccccc3F)ccn2)[c-]c2ccccc12.[Ir]. The van der Waals surface area contributed by atoms with Gasteiger partial charge in [-0.2, -0.15) is 0 Å². The predicted molar refractivity (Wildman–Crippen MR) is 137 cm³/mol. The summed E-state index contributed by atoms with van der Waals surface area (Å²) >= 11 is 0. The third kappa shape index (κ3) is 7.42. The van der Waals surface area contributed by atoms with E-state index in [0.717, 1.165) is 22.2 Å². The fraction of sp³-hybridized carbons (Fsp3) is 0.200. The van der Waals surface area contributed by atoms with E-state index < -0.39 is 0 Å². The largest absolute Gasteiger partial charge is 0.512 e. The zero-order valence-electron chi connectivity index (χ0n) is 20.5. The number of halogens is 1. The number of aromatic nitrogens is 1. The van der Waals surface area contributed by atoms with Gasteiger partial charge in [0, 0.05) is 43.6 Å². The Morgan fingerprint density at radius 3 is 2.26 bits per heavy atom. The maximum Gasteiger partial charge on any atom is 0.155 e. The van der Waals surface area contributed by atoms with Crippen LogP contribution in [0.15, 0.2) is 84.8 Å². The van der Waals surface area contributed by atoms with Gasteiger partial charge in [0.1, 0.15) is 5.82 Å². The second-order valence-electron chi connectivity index (χ2n) is 9.20. The summed E-state index contributed by atoms with van der Waals surface area (Å²) in [6.45, 7) is 9.48. The fourth-order valence-electron chi connectivity index (χ4n) is 3.72. The summed E-state index contributed by atoms with van der Waals surface area (Å²) in [7, 11) is 0. The number of hydrogen-bond acceptors (Lipinski definition) is 3. The number of carbonyl (C=O) groups excluding carboxylic acids is 1. The van der Waals surface area contributed by atoms with Gasteiger partial charge in [-0.3, -0.25) is 9.78 Å². The van der Waals surface area contributed by atoms with Crippen molar-refractivity contribution in [3.05, 3.63) is 102 Å². The number of hydrogen-bond donors (Lipinski definition) is 1. The first-order chi connectivity index (χ1) is 16.1. The smallest absolute Gasteiger partial charge is 0.155 e. The number of rotatable bonds is 3. The quantitative estimate of drug-likeness (QED) is 0.140. The van der Waals surface area contributed by atoms with Crippen molar-refractivity contribution in [1.82, 2.24) is 4.98 Å². The number of fused-ring (bicyclic) bond motifs is 1. The molecule has 1 aromatic heterocycles. The third-order valence-electron chi connectivity index (χ3n) is 5.22. The Bertz CT molecular complexity index is 1350. The molecular formula is C30H29FIrNO2-. The van der Waals surface area contributed by atoms with Crippen molar-refractivity contribution in [1.29, 1.82) is 0 Å². The van der Waals surface area contributed by atoms with Gasteiger partial charge in [0.2, 0.25) is 0 Å². The molecule has 4 aromatic rings. The Morgan fingerprint density at radius 2 is 1.66 bits per heavy atom. The number of aliphatic hydroxyl groups excluding tert-OH is 1. The Labute approximate surface area is 220 Å². The zero-order chi connectivity index (χ0) is 24.9. The molecule has 1 N–H and O–H groups in total. The number of allylic oxidation sites excluding steroid dienone is 2. The van der Waals surface area contributed by atoms with E-state index in [0.29, 0.717) is 5.56 Å². The number of aliphatic hydroxyl groups is 1. The van der Waals surface area contributed by atoms with Crippen molar-refractivity contribution in [3.63, 3.8) is 0 Å². The topological polar surface area (TPSA) is 50.2 Å². The van der Waals surface area contributed by atoms with Gasteiger partial charge in [0.05, 0.1) is 5.76 Å². The number of benzene rings is 3. The van der Waals surface area contributed by atoms with Gasteiger partial charge in [0.15, 0.2) is 5.78 Å². The molecule has 0 bridgehead atoms. The van der Waals surface area contributed by atoms with Crippen LogP contribution in [-0.4, -0.2) is 15.9 Å². The molecule has 0 atom stereocenters. The van der Waals surface area contributed by atoms with E-state index in [-0.39, 0.29) is 42.9 Å². The molecule has 183 valence electrons. The minimum Gasteiger partial charge on any atom is -0.512 e. The molecular weight excluding hydrogens is 618 g/mol. The van der Waals surface area contributed by atoms with E-state index in [1.54, 1.807) is 18.3 Å². The molecule has 0 aliphatic heterocycles. The molecule has 5 heteroatoms. The molecule has 0 aliphatic carbocycles. The summed E-state index contributed by atoms with van der Waals surface area (Å²) in [4.78, 5) is 14.6. The van der Waals surface area contributed by atoms with Crippen LogP contribution in [0.4, 0.5) is 4.39 Å². The Hall–Kier alpha value is -3.14. The van der Waals surface area contributed by atoms with Gasteiger partial charge in [-0.25, -0.2) is 4.39 Å². The maximum absolute atomic E-state index is 14.2. The first-order valence-corrected chi connectivity index (χ1v) is 11.1. The summed E-state index contributed by atoms with van der Waals surface area (Å²) < 4.78 is 14.2. The molecule has 0 aliphatic rings. The Kier molecular flexibility index (Phi) is 9.64. The molecule has 1 radical (unpaired) electrons. The van der Waals surface area contributed by atoms with Gasteiger partial charge in [0.25, 0.3) is 0 Å². The second kappa shape index (κ2) is 12.0. The predicted octanol–water partition coefficient (Wildman–Crippen LogP) is 7.84. The Morgan fingerprint density at radius 1 is 1.00 bits per heavy atom. The van der Waals surface area contributed by atoms with Gasteiger partial charge in [-0.05, 0) is 37.0 Å². The van der Waals surface area contributed by atoms with Crippen LogP contribution in [0.1, 0.15) is 40.2 Å². The van der Waals surface area contributed by atoms with Crippen molar-refractivity contribution in [3.8, 4) is 22.4 Å². The average Bonchev–Trinajstić information content (AvgIpc) is 2.77. The molecule has 0 spiro atoms. The van der Waals surface area contributed by atoms with Crippen LogP contribution in [0.25, 0.3) is 33.2 Å². The van der Waals surface area contributed by atoms with E-state index in [9.17, 15) is 9.18 Å². The third-order valence-corrected chi connectivity index (χ3v) is 5.22. The van der Waals surface area contributed by atoms with Crippen molar-refractivity contribution in [2.75, 3.05) is 0 Å². The number of nitrogens with zero attached hydrogens (tertiary/aromatic N) is 1. The van der Waals surface area contributed by atoms with Crippen molar-refractivity contribution < 1.29 is 34.4 Å². The van der Waals surface area contributed by atoms with E-state index >= 15 is 0 Å². The molecule has 3 nitrogen and oxygen atoms in total. The van der Waals surface area contributed by atoms with Gasteiger partial charge in [-0.15, -0.1) is 29.1 Å². The fourth-order valence-corrected chi connectivity index (χ4v) is 3.72. The number of carbonyl (C=O) groups is 1. The van der Waals surface area contributed by atoms with Crippen LogP contribution in [0, 0.1) is 11.9 Å². The van der Waals surface area contributed by atoms with Crippen LogP contribution in [0.2, 0.25) is 0 Å². The average molecular weight is 647 g/mol. The van der Waals surface area contributed by atoms with Crippen LogP contribution in [-0.2, 0) is 30.3 Å². The molecule has 0 unspecified atom stereocenters. The number of ketones is 1. The minimum absolute atomic E-state index is 0. The summed E-state index contributed by atoms with van der Waals surface area (Å²) in [5.41, 5.74) is 4.37. The summed E-state index contributed by atoms with van der Waals surface area (Å²) in [5.74, 6) is -0.292. The minimum atomic E-state index is -0.229. The van der Waals surface area contributed by atoms with Crippen molar-refractivity contribution >= 4 is 16.6 Å². The van der Waals surface area contributed by atoms with E-state index in [4.69, 9.17) is 5.11 Å². The normalized spacial score (nSPS) is 11.3. The van der Waals surface area contributed by atoms with Crippen LogP contribution < -0.4 is 0 Å². The summed E-state index contributed by atoms with van der Waals surface area (Å²) in [5, 5.41) is 10.6. The first-order valence-electron chi connectivity index (χ1n) is 11.1. The Balaban J connectivity index is 0.000000476. The van der Waals surface area contributed by atoms with Gasteiger partial charge in [-0.1, -0.05) is 74.2 Å². The summed E-state index contributed by atoms with van der Waals surface area (Å²) in [6, 6.07) is 24.6. The molecule has 0 amide bonds. The monoisotopic (exact) mass is 647 g/mol. The van der Waals surface area contributed by atoms with E-state index in [1.807, 2.05) is 24.3 Å².